The Hall–Kier alpha value is -0.740. The largest absolute Gasteiger partial charge is 0.465 e. The molecule has 0 N–H and O–H groups in total. The van der Waals surface area contributed by atoms with Gasteiger partial charge in [0.15, 0.2) is 0 Å². The highest BCUT2D eigenvalue weighted by Gasteiger charge is 2.25. The van der Waals surface area contributed by atoms with Crippen molar-refractivity contribution in [3.05, 3.63) is 0 Å². The third-order valence-electron chi connectivity index (χ3n) is 2.86. The Labute approximate surface area is 107 Å². The number of halogens is 3. The monoisotopic (exact) mass is 268 g/mol. The molecule has 0 heterocycles. The maximum atomic E-state index is 11.8. The van der Waals surface area contributed by atoms with Gasteiger partial charge in [0.1, 0.15) is 0 Å². The summed E-state index contributed by atoms with van der Waals surface area (Å²) in [5.41, 5.74) is 0. The lowest BCUT2D eigenvalue weighted by molar-refractivity contribution is -0.148. The Balaban J connectivity index is 3.29. The second kappa shape index (κ2) is 9.22. The standard InChI is InChI=1S/C13H23F3O2/c1-3-11(2)12(17)18-10-8-6-4-5-7-9-13(14,15)16/h11H,3-10H2,1-2H3. The van der Waals surface area contributed by atoms with Crippen LogP contribution in [-0.2, 0) is 9.53 Å². The van der Waals surface area contributed by atoms with E-state index in [0.29, 0.717) is 13.0 Å². The number of alkyl halides is 3. The predicted octanol–water partition coefficient (Wildman–Crippen LogP) is 4.48. The van der Waals surface area contributed by atoms with Crippen molar-refractivity contribution < 1.29 is 22.7 Å². The Morgan fingerprint density at radius 2 is 1.67 bits per heavy atom. The molecule has 0 spiro atoms. The first kappa shape index (κ1) is 17.3. The Morgan fingerprint density at radius 3 is 2.22 bits per heavy atom. The van der Waals surface area contributed by atoms with Gasteiger partial charge in [-0.05, 0) is 19.3 Å². The summed E-state index contributed by atoms with van der Waals surface area (Å²) in [6, 6.07) is 0. The van der Waals surface area contributed by atoms with E-state index in [0.717, 1.165) is 25.7 Å². The number of carbonyl (C=O) groups is 1. The molecule has 0 aliphatic rings. The highest BCUT2D eigenvalue weighted by atomic mass is 19.4. The van der Waals surface area contributed by atoms with Crippen molar-refractivity contribution in [2.24, 2.45) is 5.92 Å². The molecule has 0 saturated heterocycles. The zero-order valence-electron chi connectivity index (χ0n) is 11.2. The van der Waals surface area contributed by atoms with Gasteiger partial charge in [-0.3, -0.25) is 4.79 Å². The van der Waals surface area contributed by atoms with Crippen molar-refractivity contribution in [2.75, 3.05) is 6.61 Å². The highest BCUT2D eigenvalue weighted by molar-refractivity contribution is 5.71. The molecule has 0 aromatic heterocycles. The summed E-state index contributed by atoms with van der Waals surface area (Å²) in [6.45, 7) is 4.12. The van der Waals surface area contributed by atoms with Gasteiger partial charge in [-0.15, -0.1) is 0 Å². The molecule has 0 saturated carbocycles. The molecule has 5 heteroatoms. The van der Waals surface area contributed by atoms with Crippen LogP contribution < -0.4 is 0 Å². The molecular formula is C13H23F3O2. The molecule has 2 nitrogen and oxygen atoms in total. The van der Waals surface area contributed by atoms with Crippen LogP contribution in [0.3, 0.4) is 0 Å². The number of esters is 1. The molecule has 0 radical (unpaired) electrons. The summed E-state index contributed by atoms with van der Waals surface area (Å²) >= 11 is 0. The van der Waals surface area contributed by atoms with Crippen molar-refractivity contribution in [1.82, 2.24) is 0 Å². The molecule has 1 atom stereocenters. The number of hydrogen-bond donors (Lipinski definition) is 0. The molecule has 0 fully saturated rings. The summed E-state index contributed by atoms with van der Waals surface area (Å²) in [5, 5.41) is 0. The Kier molecular flexibility index (Phi) is 8.85. The minimum atomic E-state index is -4.04. The van der Waals surface area contributed by atoms with E-state index in [1.54, 1.807) is 0 Å². The van der Waals surface area contributed by atoms with E-state index in [1.807, 2.05) is 13.8 Å². The van der Waals surface area contributed by atoms with Crippen molar-refractivity contribution in [3.8, 4) is 0 Å². The predicted molar refractivity (Wildman–Crippen MR) is 64.2 cm³/mol. The van der Waals surface area contributed by atoms with E-state index in [4.69, 9.17) is 4.74 Å². The molecule has 0 aromatic rings. The van der Waals surface area contributed by atoms with Crippen LogP contribution in [0.5, 0.6) is 0 Å². The lowest BCUT2D eigenvalue weighted by Gasteiger charge is -2.09. The van der Waals surface area contributed by atoms with Gasteiger partial charge in [-0.25, -0.2) is 0 Å². The first-order chi connectivity index (χ1) is 8.37. The van der Waals surface area contributed by atoms with Gasteiger partial charge in [-0.2, -0.15) is 13.2 Å². The number of ether oxygens (including phenoxy) is 1. The zero-order valence-corrected chi connectivity index (χ0v) is 11.2. The molecule has 0 aliphatic heterocycles. The number of unbranched alkanes of at least 4 members (excludes halogenated alkanes) is 4. The minimum Gasteiger partial charge on any atom is -0.465 e. The van der Waals surface area contributed by atoms with Gasteiger partial charge < -0.3 is 4.74 Å². The van der Waals surface area contributed by atoms with Crippen LogP contribution in [0.1, 0.15) is 58.8 Å². The van der Waals surface area contributed by atoms with Crippen LogP contribution in [0.15, 0.2) is 0 Å². The number of carbonyl (C=O) groups excluding carboxylic acids is 1. The average molecular weight is 268 g/mol. The van der Waals surface area contributed by atoms with E-state index < -0.39 is 12.6 Å². The van der Waals surface area contributed by atoms with Crippen molar-refractivity contribution in [3.63, 3.8) is 0 Å². The highest BCUT2D eigenvalue weighted by Crippen LogP contribution is 2.23. The second-order valence-electron chi connectivity index (χ2n) is 4.61. The Bertz CT molecular complexity index is 227. The molecule has 0 rings (SSSR count). The van der Waals surface area contributed by atoms with Crippen molar-refractivity contribution >= 4 is 5.97 Å². The molecule has 0 aromatic carbocycles. The van der Waals surface area contributed by atoms with E-state index >= 15 is 0 Å². The molecule has 1 unspecified atom stereocenters. The SMILES string of the molecule is CCC(C)C(=O)OCCCCCCCC(F)(F)F. The fourth-order valence-electron chi connectivity index (χ4n) is 1.44. The van der Waals surface area contributed by atoms with Crippen LogP contribution in [0.4, 0.5) is 13.2 Å². The van der Waals surface area contributed by atoms with Crippen LogP contribution in [0.2, 0.25) is 0 Å². The molecular weight excluding hydrogens is 245 g/mol. The van der Waals surface area contributed by atoms with Crippen molar-refractivity contribution in [2.45, 2.75) is 65.0 Å². The third kappa shape index (κ3) is 10.4. The molecule has 0 amide bonds. The zero-order chi connectivity index (χ0) is 14.0. The van der Waals surface area contributed by atoms with E-state index in [2.05, 4.69) is 0 Å². The number of rotatable bonds is 9. The summed E-state index contributed by atoms with van der Waals surface area (Å²) in [7, 11) is 0. The summed E-state index contributed by atoms with van der Waals surface area (Å²) < 4.78 is 40.5. The molecule has 18 heavy (non-hydrogen) atoms. The smallest absolute Gasteiger partial charge is 0.389 e. The quantitative estimate of drug-likeness (QED) is 0.455. The van der Waals surface area contributed by atoms with Crippen LogP contribution in [-0.4, -0.2) is 18.8 Å². The van der Waals surface area contributed by atoms with Crippen LogP contribution in [0, 0.1) is 5.92 Å². The first-order valence-corrected chi connectivity index (χ1v) is 6.60. The molecule has 0 bridgehead atoms. The normalized spacial score (nSPS) is 13.4. The summed E-state index contributed by atoms with van der Waals surface area (Å²) in [4.78, 5) is 11.3. The molecule has 0 aliphatic carbocycles. The maximum absolute atomic E-state index is 11.8. The first-order valence-electron chi connectivity index (χ1n) is 6.60. The second-order valence-corrected chi connectivity index (χ2v) is 4.61. The fraction of sp³-hybridized carbons (Fsp3) is 0.923. The maximum Gasteiger partial charge on any atom is 0.389 e. The topological polar surface area (TPSA) is 26.3 Å². The van der Waals surface area contributed by atoms with E-state index in [-0.39, 0.29) is 18.3 Å². The minimum absolute atomic E-state index is 0.0724. The van der Waals surface area contributed by atoms with Gasteiger partial charge in [0.05, 0.1) is 12.5 Å². The van der Waals surface area contributed by atoms with E-state index in [9.17, 15) is 18.0 Å². The van der Waals surface area contributed by atoms with Crippen molar-refractivity contribution in [1.29, 1.82) is 0 Å². The number of hydrogen-bond acceptors (Lipinski definition) is 2. The van der Waals surface area contributed by atoms with Gasteiger partial charge >= 0.3 is 12.1 Å². The Morgan fingerprint density at radius 1 is 1.11 bits per heavy atom. The summed E-state index contributed by atoms with van der Waals surface area (Å²) in [6.07, 6.45) is -0.899. The van der Waals surface area contributed by atoms with Gasteiger partial charge in [-0.1, -0.05) is 33.1 Å². The fourth-order valence-corrected chi connectivity index (χ4v) is 1.44. The van der Waals surface area contributed by atoms with Crippen LogP contribution in [0.25, 0.3) is 0 Å². The van der Waals surface area contributed by atoms with Crippen LogP contribution >= 0.6 is 0 Å². The van der Waals surface area contributed by atoms with Gasteiger partial charge in [0.2, 0.25) is 0 Å². The van der Waals surface area contributed by atoms with Gasteiger partial charge in [0, 0.05) is 6.42 Å². The van der Waals surface area contributed by atoms with Gasteiger partial charge in [0.25, 0.3) is 0 Å². The lowest BCUT2D eigenvalue weighted by atomic mass is 10.1. The third-order valence-corrected chi connectivity index (χ3v) is 2.86. The lowest BCUT2D eigenvalue weighted by Crippen LogP contribution is -2.14. The van der Waals surface area contributed by atoms with E-state index in [1.165, 1.54) is 0 Å². The molecule has 108 valence electrons. The summed E-state index contributed by atoms with van der Waals surface area (Å²) in [5.74, 6) is -0.258. The average Bonchev–Trinajstić information content (AvgIpc) is 2.29.